The molecule has 1 aliphatic carbocycles. The molecule has 3 rings (SSSR count). The third-order valence-electron chi connectivity index (χ3n) is 3.78. The van der Waals surface area contributed by atoms with Crippen LogP contribution < -0.4 is 5.32 Å². The fourth-order valence-corrected chi connectivity index (χ4v) is 2.38. The average Bonchev–Trinajstić information content (AvgIpc) is 3.21. The zero-order chi connectivity index (χ0) is 13.6. The van der Waals surface area contributed by atoms with Crippen LogP contribution in [0.25, 0.3) is 0 Å². The minimum absolute atomic E-state index is 0.290. The second-order valence-corrected chi connectivity index (χ2v) is 5.69. The number of aromatic nitrogens is 3. The summed E-state index contributed by atoms with van der Waals surface area (Å²) in [6.45, 7) is 3.82. The van der Waals surface area contributed by atoms with Gasteiger partial charge in [0.2, 0.25) is 0 Å². The summed E-state index contributed by atoms with van der Waals surface area (Å²) >= 11 is 0. The molecule has 1 unspecified atom stereocenters. The highest BCUT2D eigenvalue weighted by Gasteiger charge is 2.20. The molecule has 1 atom stereocenters. The number of ether oxygens (including phenoxy) is 2. The first-order valence-electron chi connectivity index (χ1n) is 7.72. The molecule has 1 N–H and O–H groups in total. The van der Waals surface area contributed by atoms with E-state index in [-0.39, 0.29) is 6.10 Å². The molecule has 0 amide bonds. The molecule has 6 nitrogen and oxygen atoms in total. The van der Waals surface area contributed by atoms with Gasteiger partial charge >= 0.3 is 0 Å². The quantitative estimate of drug-likeness (QED) is 0.723. The van der Waals surface area contributed by atoms with Crippen molar-refractivity contribution in [3.63, 3.8) is 0 Å². The Bertz CT molecular complexity index is 400. The van der Waals surface area contributed by atoms with Crippen LogP contribution in [0, 0.1) is 0 Å². The van der Waals surface area contributed by atoms with E-state index in [1.54, 1.807) is 0 Å². The molecule has 2 fully saturated rings. The normalized spacial score (nSPS) is 23.1. The molecule has 1 aromatic heterocycles. The first-order valence-corrected chi connectivity index (χ1v) is 7.72. The van der Waals surface area contributed by atoms with Crippen molar-refractivity contribution in [2.24, 2.45) is 0 Å². The van der Waals surface area contributed by atoms with Gasteiger partial charge in [-0.1, -0.05) is 5.21 Å². The Balaban J connectivity index is 1.29. The SMILES string of the molecule is c1c(CNC2CC2)nnn1CCOCC1CCCCO1. The van der Waals surface area contributed by atoms with Crippen molar-refractivity contribution in [2.45, 2.75) is 57.3 Å². The van der Waals surface area contributed by atoms with Gasteiger partial charge in [-0.25, -0.2) is 4.68 Å². The predicted octanol–water partition coefficient (Wildman–Crippen LogP) is 1.12. The number of nitrogens with one attached hydrogen (secondary N) is 1. The second-order valence-electron chi connectivity index (χ2n) is 5.69. The molecule has 0 bridgehead atoms. The minimum Gasteiger partial charge on any atom is -0.377 e. The van der Waals surface area contributed by atoms with Gasteiger partial charge in [0.25, 0.3) is 0 Å². The van der Waals surface area contributed by atoms with E-state index in [4.69, 9.17) is 9.47 Å². The Morgan fingerprint density at radius 2 is 2.30 bits per heavy atom. The molecule has 2 heterocycles. The molecule has 112 valence electrons. The van der Waals surface area contributed by atoms with E-state index in [0.717, 1.165) is 31.8 Å². The van der Waals surface area contributed by atoms with Gasteiger partial charge in [0.15, 0.2) is 0 Å². The van der Waals surface area contributed by atoms with Gasteiger partial charge in [-0.15, -0.1) is 5.10 Å². The number of hydrogen-bond donors (Lipinski definition) is 1. The predicted molar refractivity (Wildman–Crippen MR) is 74.3 cm³/mol. The molecule has 20 heavy (non-hydrogen) atoms. The van der Waals surface area contributed by atoms with Crippen molar-refractivity contribution in [1.29, 1.82) is 0 Å². The molecule has 1 saturated carbocycles. The van der Waals surface area contributed by atoms with E-state index in [2.05, 4.69) is 15.6 Å². The van der Waals surface area contributed by atoms with Gasteiger partial charge < -0.3 is 14.8 Å². The summed E-state index contributed by atoms with van der Waals surface area (Å²) in [7, 11) is 0. The number of nitrogens with zero attached hydrogens (tertiary/aromatic N) is 3. The molecule has 0 radical (unpaired) electrons. The molecule has 0 spiro atoms. The van der Waals surface area contributed by atoms with Crippen LogP contribution in [0.3, 0.4) is 0 Å². The molecule has 0 aromatic carbocycles. The van der Waals surface area contributed by atoms with Crippen LogP contribution in [0.15, 0.2) is 6.20 Å². The highest BCUT2D eigenvalue weighted by atomic mass is 16.5. The first kappa shape index (κ1) is 14.0. The molecular weight excluding hydrogens is 256 g/mol. The topological polar surface area (TPSA) is 61.2 Å². The van der Waals surface area contributed by atoms with E-state index < -0.39 is 0 Å². The van der Waals surface area contributed by atoms with Crippen molar-refractivity contribution >= 4 is 0 Å². The highest BCUT2D eigenvalue weighted by Crippen LogP contribution is 2.18. The summed E-state index contributed by atoms with van der Waals surface area (Å²) in [5, 5.41) is 11.7. The van der Waals surface area contributed by atoms with Gasteiger partial charge in [0.1, 0.15) is 0 Å². The highest BCUT2D eigenvalue weighted by molar-refractivity contribution is 4.94. The Kier molecular flexibility index (Phi) is 5.00. The van der Waals surface area contributed by atoms with Crippen molar-refractivity contribution in [2.75, 3.05) is 19.8 Å². The average molecular weight is 280 g/mol. The van der Waals surface area contributed by atoms with Crippen LogP contribution in [0.2, 0.25) is 0 Å². The smallest absolute Gasteiger partial charge is 0.0964 e. The fourth-order valence-electron chi connectivity index (χ4n) is 2.38. The van der Waals surface area contributed by atoms with Crippen molar-refractivity contribution in [1.82, 2.24) is 20.3 Å². The molecule has 1 aliphatic heterocycles. The summed E-state index contributed by atoms with van der Waals surface area (Å²) in [5.41, 5.74) is 1.01. The van der Waals surface area contributed by atoms with Gasteiger partial charge in [-0.3, -0.25) is 0 Å². The number of rotatable bonds is 8. The maximum atomic E-state index is 5.67. The standard InChI is InChI=1S/C14H24N4O2/c1-2-7-20-14(3-1)11-19-8-6-18-10-13(16-17-18)9-15-12-4-5-12/h10,12,14-15H,1-9,11H2. The maximum Gasteiger partial charge on any atom is 0.0964 e. The van der Waals surface area contributed by atoms with E-state index >= 15 is 0 Å². The summed E-state index contributed by atoms with van der Waals surface area (Å²) < 4.78 is 13.1. The second kappa shape index (κ2) is 7.15. The number of hydrogen-bond acceptors (Lipinski definition) is 5. The van der Waals surface area contributed by atoms with E-state index in [1.807, 2.05) is 10.9 Å². The third kappa shape index (κ3) is 4.54. The maximum absolute atomic E-state index is 5.67. The summed E-state index contributed by atoms with van der Waals surface area (Å²) in [4.78, 5) is 0. The lowest BCUT2D eigenvalue weighted by Gasteiger charge is -2.22. The van der Waals surface area contributed by atoms with E-state index in [1.165, 1.54) is 25.7 Å². The fraction of sp³-hybridized carbons (Fsp3) is 0.857. The Hall–Kier alpha value is -0.980. The first-order chi connectivity index (χ1) is 9.90. The molecule has 1 saturated heterocycles. The summed E-state index contributed by atoms with van der Waals surface area (Å²) in [5.74, 6) is 0. The molecule has 6 heteroatoms. The van der Waals surface area contributed by atoms with Crippen LogP contribution in [0.5, 0.6) is 0 Å². The molecule has 2 aliphatic rings. The monoisotopic (exact) mass is 280 g/mol. The summed E-state index contributed by atoms with van der Waals surface area (Å²) in [6.07, 6.45) is 8.45. The largest absolute Gasteiger partial charge is 0.377 e. The zero-order valence-electron chi connectivity index (χ0n) is 12.0. The van der Waals surface area contributed by atoms with Crippen molar-refractivity contribution < 1.29 is 9.47 Å². The van der Waals surface area contributed by atoms with Crippen LogP contribution >= 0.6 is 0 Å². The molecule has 1 aromatic rings. The van der Waals surface area contributed by atoms with Crippen LogP contribution in [0.4, 0.5) is 0 Å². The lowest BCUT2D eigenvalue weighted by Crippen LogP contribution is -2.25. The Morgan fingerprint density at radius 3 is 3.10 bits per heavy atom. The zero-order valence-corrected chi connectivity index (χ0v) is 12.0. The van der Waals surface area contributed by atoms with Crippen molar-refractivity contribution in [3.05, 3.63) is 11.9 Å². The summed E-state index contributed by atoms with van der Waals surface area (Å²) in [6, 6.07) is 0.707. The van der Waals surface area contributed by atoms with Gasteiger partial charge in [0.05, 0.1) is 31.6 Å². The minimum atomic E-state index is 0.290. The lowest BCUT2D eigenvalue weighted by molar-refractivity contribution is -0.0421. The lowest BCUT2D eigenvalue weighted by atomic mass is 10.1. The van der Waals surface area contributed by atoms with Crippen molar-refractivity contribution in [3.8, 4) is 0 Å². The van der Waals surface area contributed by atoms with E-state index in [0.29, 0.717) is 19.3 Å². The van der Waals surface area contributed by atoms with Crippen LogP contribution in [0.1, 0.15) is 37.8 Å². The van der Waals surface area contributed by atoms with Crippen LogP contribution in [-0.4, -0.2) is 47.0 Å². The molecular formula is C14H24N4O2. The van der Waals surface area contributed by atoms with Crippen LogP contribution in [-0.2, 0) is 22.6 Å². The van der Waals surface area contributed by atoms with Gasteiger partial charge in [0, 0.05) is 25.4 Å². The van der Waals surface area contributed by atoms with E-state index in [9.17, 15) is 0 Å². The Morgan fingerprint density at radius 1 is 1.35 bits per heavy atom. The Labute approximate surface area is 119 Å². The van der Waals surface area contributed by atoms with Gasteiger partial charge in [-0.05, 0) is 32.1 Å². The van der Waals surface area contributed by atoms with Gasteiger partial charge in [-0.2, -0.15) is 0 Å². The third-order valence-corrected chi connectivity index (χ3v) is 3.78.